The van der Waals surface area contributed by atoms with E-state index in [0.717, 1.165) is 14.8 Å². The van der Waals surface area contributed by atoms with E-state index in [1.54, 1.807) is 11.3 Å². The van der Waals surface area contributed by atoms with Crippen molar-refractivity contribution in [3.63, 3.8) is 0 Å². The Bertz CT molecular complexity index is 467. The molecular weight excluding hydrogens is 236 g/mol. The van der Waals surface area contributed by atoms with Gasteiger partial charge in [-0.15, -0.1) is 22.7 Å². The standard InChI is InChI=1S/C9H5ClN2S2/c10-8-6(3-4-11)14-9(12-8)7-2-1-5-13-7/h1-2,5H,3H2. The Hall–Kier alpha value is -0.890. The van der Waals surface area contributed by atoms with Gasteiger partial charge in [0.2, 0.25) is 0 Å². The second kappa shape index (κ2) is 4.09. The van der Waals surface area contributed by atoms with Gasteiger partial charge in [0.05, 0.1) is 22.2 Å². The Labute approximate surface area is 94.4 Å². The third-order valence-corrected chi connectivity index (χ3v) is 4.14. The minimum atomic E-state index is 0.335. The van der Waals surface area contributed by atoms with Crippen molar-refractivity contribution >= 4 is 34.3 Å². The van der Waals surface area contributed by atoms with Crippen LogP contribution in [0, 0.1) is 11.3 Å². The van der Waals surface area contributed by atoms with E-state index in [-0.39, 0.29) is 0 Å². The molecule has 0 N–H and O–H groups in total. The molecule has 0 saturated carbocycles. The second-order valence-corrected chi connectivity index (χ2v) is 4.93. The van der Waals surface area contributed by atoms with E-state index < -0.39 is 0 Å². The fourth-order valence-electron chi connectivity index (χ4n) is 1.02. The first-order valence-electron chi connectivity index (χ1n) is 3.87. The Morgan fingerprint density at radius 2 is 2.43 bits per heavy atom. The predicted molar refractivity (Wildman–Crippen MR) is 59.8 cm³/mol. The first-order chi connectivity index (χ1) is 6.81. The fraction of sp³-hybridized carbons (Fsp3) is 0.111. The highest BCUT2D eigenvalue weighted by Crippen LogP contribution is 2.33. The minimum Gasteiger partial charge on any atom is -0.223 e. The van der Waals surface area contributed by atoms with Crippen molar-refractivity contribution in [2.75, 3.05) is 0 Å². The molecule has 0 aliphatic rings. The summed E-state index contributed by atoms with van der Waals surface area (Å²) in [6.45, 7) is 0. The largest absolute Gasteiger partial charge is 0.223 e. The number of thiazole rings is 1. The van der Waals surface area contributed by atoms with Gasteiger partial charge in [-0.1, -0.05) is 17.7 Å². The van der Waals surface area contributed by atoms with Gasteiger partial charge in [-0.05, 0) is 11.4 Å². The number of halogens is 1. The molecule has 0 amide bonds. The quantitative estimate of drug-likeness (QED) is 0.804. The van der Waals surface area contributed by atoms with Crippen molar-refractivity contribution < 1.29 is 0 Å². The molecule has 0 atom stereocenters. The third-order valence-electron chi connectivity index (χ3n) is 1.62. The Balaban J connectivity index is 2.39. The van der Waals surface area contributed by atoms with Gasteiger partial charge in [0.1, 0.15) is 10.2 Å². The molecule has 0 unspecified atom stereocenters. The normalized spacial score (nSPS) is 10.0. The molecule has 70 valence electrons. The maximum Gasteiger partial charge on any atom is 0.144 e. The van der Waals surface area contributed by atoms with Crippen LogP contribution in [-0.4, -0.2) is 4.98 Å². The molecule has 0 bridgehead atoms. The smallest absolute Gasteiger partial charge is 0.144 e. The van der Waals surface area contributed by atoms with Crippen LogP contribution in [0.2, 0.25) is 5.15 Å². The van der Waals surface area contributed by atoms with Crippen LogP contribution in [0.4, 0.5) is 0 Å². The first kappa shape index (κ1) is 9.66. The predicted octanol–water partition coefficient (Wildman–Crippen LogP) is 3.59. The summed E-state index contributed by atoms with van der Waals surface area (Å²) in [7, 11) is 0. The van der Waals surface area contributed by atoms with E-state index in [2.05, 4.69) is 11.1 Å². The van der Waals surface area contributed by atoms with Crippen molar-refractivity contribution in [3.05, 3.63) is 27.5 Å². The van der Waals surface area contributed by atoms with Crippen LogP contribution in [0.25, 0.3) is 9.88 Å². The van der Waals surface area contributed by atoms with E-state index in [1.807, 2.05) is 17.5 Å². The summed E-state index contributed by atoms with van der Waals surface area (Å²) in [5, 5.41) is 11.9. The maximum absolute atomic E-state index is 8.56. The molecule has 5 heteroatoms. The molecule has 0 aliphatic heterocycles. The van der Waals surface area contributed by atoms with Crippen molar-refractivity contribution in [1.29, 1.82) is 5.26 Å². The lowest BCUT2D eigenvalue weighted by Gasteiger charge is -1.84. The highest BCUT2D eigenvalue weighted by molar-refractivity contribution is 7.21. The monoisotopic (exact) mass is 240 g/mol. The number of aromatic nitrogens is 1. The topological polar surface area (TPSA) is 36.7 Å². The van der Waals surface area contributed by atoms with E-state index in [4.69, 9.17) is 16.9 Å². The van der Waals surface area contributed by atoms with Crippen molar-refractivity contribution in [3.8, 4) is 16.0 Å². The average Bonchev–Trinajstić information content (AvgIpc) is 2.76. The van der Waals surface area contributed by atoms with Crippen molar-refractivity contribution in [2.24, 2.45) is 0 Å². The Kier molecular flexibility index (Phi) is 2.82. The van der Waals surface area contributed by atoms with Gasteiger partial charge in [-0.25, -0.2) is 4.98 Å². The van der Waals surface area contributed by atoms with Gasteiger partial charge in [0.15, 0.2) is 0 Å². The zero-order chi connectivity index (χ0) is 9.97. The Morgan fingerprint density at radius 3 is 3.07 bits per heavy atom. The van der Waals surface area contributed by atoms with Crippen molar-refractivity contribution in [1.82, 2.24) is 4.98 Å². The first-order valence-corrected chi connectivity index (χ1v) is 5.94. The van der Waals surface area contributed by atoms with Crippen LogP contribution in [0.15, 0.2) is 17.5 Å². The zero-order valence-corrected chi connectivity index (χ0v) is 9.42. The van der Waals surface area contributed by atoms with Gasteiger partial charge in [0.25, 0.3) is 0 Å². The summed E-state index contributed by atoms with van der Waals surface area (Å²) in [6.07, 6.45) is 0.335. The molecular formula is C9H5ClN2S2. The van der Waals surface area contributed by atoms with Crippen LogP contribution in [0.3, 0.4) is 0 Å². The second-order valence-electron chi connectivity index (χ2n) is 2.55. The van der Waals surface area contributed by atoms with Crippen LogP contribution in [0.1, 0.15) is 4.88 Å². The van der Waals surface area contributed by atoms with Crippen LogP contribution in [0.5, 0.6) is 0 Å². The van der Waals surface area contributed by atoms with Gasteiger partial charge < -0.3 is 0 Å². The molecule has 0 saturated heterocycles. The summed E-state index contributed by atoms with van der Waals surface area (Å²) in [6, 6.07) is 6.04. The number of rotatable bonds is 2. The molecule has 2 nitrogen and oxygen atoms in total. The molecule has 0 fully saturated rings. The summed E-state index contributed by atoms with van der Waals surface area (Å²) in [5.41, 5.74) is 0. The molecule has 2 aromatic rings. The number of nitriles is 1. The number of hydrogen-bond donors (Lipinski definition) is 0. The minimum absolute atomic E-state index is 0.335. The lowest BCUT2D eigenvalue weighted by molar-refractivity contribution is 1.28. The van der Waals surface area contributed by atoms with Crippen LogP contribution in [-0.2, 0) is 6.42 Å². The van der Waals surface area contributed by atoms with Gasteiger partial charge in [-0.3, -0.25) is 0 Å². The van der Waals surface area contributed by atoms with Crippen LogP contribution < -0.4 is 0 Å². The van der Waals surface area contributed by atoms with Gasteiger partial charge in [-0.2, -0.15) is 5.26 Å². The Morgan fingerprint density at radius 1 is 1.57 bits per heavy atom. The number of nitrogens with zero attached hydrogens (tertiary/aromatic N) is 2. The SMILES string of the molecule is N#CCc1sc(-c2cccs2)nc1Cl. The lowest BCUT2D eigenvalue weighted by Crippen LogP contribution is -1.73. The van der Waals surface area contributed by atoms with E-state index in [0.29, 0.717) is 11.6 Å². The van der Waals surface area contributed by atoms with Crippen LogP contribution >= 0.6 is 34.3 Å². The molecule has 0 spiro atoms. The zero-order valence-electron chi connectivity index (χ0n) is 7.03. The highest BCUT2D eigenvalue weighted by atomic mass is 35.5. The summed E-state index contributed by atoms with van der Waals surface area (Å²) >= 11 is 9.00. The lowest BCUT2D eigenvalue weighted by atomic mass is 10.4. The molecule has 2 rings (SSSR count). The number of hydrogen-bond acceptors (Lipinski definition) is 4. The van der Waals surface area contributed by atoms with E-state index in [9.17, 15) is 0 Å². The maximum atomic E-state index is 8.56. The molecule has 2 heterocycles. The fourth-order valence-corrected chi connectivity index (χ4v) is 3.02. The van der Waals surface area contributed by atoms with Crippen molar-refractivity contribution in [2.45, 2.75) is 6.42 Å². The van der Waals surface area contributed by atoms with E-state index >= 15 is 0 Å². The summed E-state index contributed by atoms with van der Waals surface area (Å²) in [5.74, 6) is 0. The third kappa shape index (κ3) is 1.80. The number of thiophene rings is 1. The molecule has 0 aliphatic carbocycles. The molecule has 0 aromatic carbocycles. The van der Waals surface area contributed by atoms with E-state index in [1.165, 1.54) is 11.3 Å². The molecule has 14 heavy (non-hydrogen) atoms. The average molecular weight is 241 g/mol. The summed E-state index contributed by atoms with van der Waals surface area (Å²) in [4.78, 5) is 6.16. The van der Waals surface area contributed by atoms with Gasteiger partial charge >= 0.3 is 0 Å². The van der Waals surface area contributed by atoms with Gasteiger partial charge in [0, 0.05) is 0 Å². The summed E-state index contributed by atoms with van der Waals surface area (Å²) < 4.78 is 0. The molecule has 0 radical (unpaired) electrons. The molecule has 2 aromatic heterocycles. The highest BCUT2D eigenvalue weighted by Gasteiger charge is 2.10.